The molecule has 3 rings (SSSR count). The first kappa shape index (κ1) is 21.9. The van der Waals surface area contributed by atoms with E-state index >= 15 is 0 Å². The van der Waals surface area contributed by atoms with Gasteiger partial charge in [0.15, 0.2) is 0 Å². The summed E-state index contributed by atoms with van der Waals surface area (Å²) in [6.45, 7) is 3.27. The molecule has 0 saturated carbocycles. The molecule has 2 N–H and O–H groups in total. The highest BCUT2D eigenvalue weighted by atomic mass is 32.2. The smallest absolute Gasteiger partial charge is 0.229 e. The third-order valence-corrected chi connectivity index (χ3v) is 5.99. The lowest BCUT2D eigenvalue weighted by molar-refractivity contribution is -0.114. The van der Waals surface area contributed by atoms with Crippen LogP contribution in [0, 0.1) is 6.92 Å². The fourth-order valence-corrected chi connectivity index (χ4v) is 3.97. The van der Waals surface area contributed by atoms with Gasteiger partial charge in [0.2, 0.25) is 26.6 Å². The minimum absolute atomic E-state index is 0.115. The van der Waals surface area contributed by atoms with Crippen LogP contribution in [-0.4, -0.2) is 25.2 Å². The van der Waals surface area contributed by atoms with E-state index < -0.39 is 20.7 Å². The molecular weight excluding hydrogens is 414 g/mol. The zero-order valence-corrected chi connectivity index (χ0v) is 17.8. The van der Waals surface area contributed by atoms with Crippen LogP contribution >= 0.6 is 0 Å². The first-order chi connectivity index (χ1) is 14.8. The average molecular weight is 436 g/mol. The molecule has 158 valence electrons. The normalized spacial score (nSPS) is 11.6. The van der Waals surface area contributed by atoms with E-state index in [2.05, 4.69) is 15.8 Å². The molecule has 3 aromatic carbocycles. The maximum atomic E-state index is 13.3. The summed E-state index contributed by atoms with van der Waals surface area (Å²) in [4.78, 5) is 24.1. The number of carbonyl (C=O) groups is 2. The molecule has 0 bridgehead atoms. The Morgan fingerprint density at radius 1 is 0.806 bits per heavy atom. The second-order valence-electron chi connectivity index (χ2n) is 6.80. The lowest BCUT2D eigenvalue weighted by Crippen LogP contribution is -2.26. The highest BCUT2D eigenvalue weighted by Crippen LogP contribution is 2.19. The predicted molar refractivity (Wildman–Crippen MR) is 121 cm³/mol. The Morgan fingerprint density at radius 2 is 1.39 bits per heavy atom. The largest absolute Gasteiger partial charge is 0.326 e. The molecule has 0 saturated heterocycles. The highest BCUT2D eigenvalue weighted by molar-refractivity contribution is 8.08. The number of hydrazone groups is 1. The van der Waals surface area contributed by atoms with Crippen molar-refractivity contribution in [3.05, 3.63) is 90.0 Å². The van der Waals surface area contributed by atoms with Crippen LogP contribution in [0.15, 0.2) is 88.9 Å². The molecule has 31 heavy (non-hydrogen) atoms. The van der Waals surface area contributed by atoms with Gasteiger partial charge in [-0.15, -0.1) is 0 Å². The van der Waals surface area contributed by atoms with Crippen molar-refractivity contribution >= 4 is 37.9 Å². The number of nitrogens with one attached hydrogen (secondary N) is 2. The number of amides is 1. The number of nitrogens with zero attached hydrogens (tertiary/aromatic N) is 1. The molecule has 0 fully saturated rings. The number of hydrogen-bond acceptors (Lipinski definition) is 6. The Hall–Kier alpha value is -3.78. The maximum absolute atomic E-state index is 13.3. The summed E-state index contributed by atoms with van der Waals surface area (Å²) in [7, 11) is -4.25. The number of ketones is 1. The van der Waals surface area contributed by atoms with Gasteiger partial charge >= 0.3 is 0 Å². The lowest BCUT2D eigenvalue weighted by atomic mass is 10.1. The van der Waals surface area contributed by atoms with Crippen LogP contribution in [0.4, 0.5) is 11.4 Å². The molecule has 0 radical (unpaired) electrons. The Morgan fingerprint density at radius 3 is 1.97 bits per heavy atom. The van der Waals surface area contributed by atoms with Crippen molar-refractivity contribution in [3.63, 3.8) is 0 Å². The van der Waals surface area contributed by atoms with Crippen molar-refractivity contribution in [1.82, 2.24) is 0 Å². The first-order valence-corrected chi connectivity index (χ1v) is 10.9. The molecule has 0 aromatic heterocycles. The predicted octanol–water partition coefficient (Wildman–Crippen LogP) is 4.04. The van der Waals surface area contributed by atoms with Crippen LogP contribution in [0.3, 0.4) is 0 Å². The van der Waals surface area contributed by atoms with Gasteiger partial charge in [0.05, 0.1) is 10.6 Å². The third kappa shape index (κ3) is 5.43. The molecule has 0 unspecified atom stereocenters. The van der Waals surface area contributed by atoms with Crippen LogP contribution < -0.4 is 10.7 Å². The number of aryl methyl sites for hydroxylation is 1. The topological polar surface area (TPSA) is 105 Å². The molecule has 0 aliphatic heterocycles. The molecule has 0 aliphatic rings. The van der Waals surface area contributed by atoms with Crippen LogP contribution in [0.1, 0.15) is 22.8 Å². The minimum atomic E-state index is -4.25. The Balaban J connectivity index is 2.01. The summed E-state index contributed by atoms with van der Waals surface area (Å²) in [5, 5.41) is 5.91. The zero-order valence-electron chi connectivity index (χ0n) is 17.0. The van der Waals surface area contributed by atoms with Crippen LogP contribution in [0.2, 0.25) is 0 Å². The minimum Gasteiger partial charge on any atom is -0.326 e. The van der Waals surface area contributed by atoms with Crippen molar-refractivity contribution in [2.45, 2.75) is 18.7 Å². The maximum Gasteiger partial charge on any atom is 0.229 e. The average Bonchev–Trinajstić information content (AvgIpc) is 2.75. The second-order valence-corrected chi connectivity index (χ2v) is 8.66. The summed E-state index contributed by atoms with van der Waals surface area (Å²) in [5.74, 6) is -1.01. The Labute approximate surface area is 180 Å². The molecule has 0 spiro atoms. The molecular formula is C23H21N3O4S. The van der Waals surface area contributed by atoms with Crippen molar-refractivity contribution in [3.8, 4) is 0 Å². The number of sulfone groups is 1. The quantitative estimate of drug-likeness (QED) is 0.263. The summed E-state index contributed by atoms with van der Waals surface area (Å²) < 4.78 is 26.6. The third-order valence-electron chi connectivity index (χ3n) is 4.31. The van der Waals surface area contributed by atoms with E-state index in [1.165, 1.54) is 43.3 Å². The molecule has 0 heterocycles. The van der Waals surface area contributed by atoms with Gasteiger partial charge in [-0.25, -0.2) is 8.42 Å². The van der Waals surface area contributed by atoms with Crippen LogP contribution in [0.25, 0.3) is 0 Å². The zero-order chi connectivity index (χ0) is 22.4. The molecule has 8 heteroatoms. The van der Waals surface area contributed by atoms with E-state index in [9.17, 15) is 18.0 Å². The molecule has 7 nitrogen and oxygen atoms in total. The SMILES string of the molecule is CC(=O)Nc1ccc(S(=O)(=O)C(=NNc2ccc(C)cc2)C(=O)c2ccccc2)cc1. The fourth-order valence-electron chi connectivity index (χ4n) is 2.72. The van der Waals surface area contributed by atoms with Crippen LogP contribution in [-0.2, 0) is 14.6 Å². The summed E-state index contributed by atoms with van der Waals surface area (Å²) in [6, 6.07) is 20.8. The van der Waals surface area contributed by atoms with Crippen molar-refractivity contribution in [1.29, 1.82) is 0 Å². The van der Waals surface area contributed by atoms with Gasteiger partial charge in [-0.1, -0.05) is 48.0 Å². The Kier molecular flexibility index (Phi) is 6.61. The highest BCUT2D eigenvalue weighted by Gasteiger charge is 2.30. The van der Waals surface area contributed by atoms with E-state index in [-0.39, 0.29) is 16.4 Å². The number of carbonyl (C=O) groups excluding carboxylic acids is 2. The van der Waals surface area contributed by atoms with Gasteiger partial charge in [-0.2, -0.15) is 5.10 Å². The number of anilines is 2. The van der Waals surface area contributed by atoms with Crippen molar-refractivity contribution in [2.24, 2.45) is 5.10 Å². The van der Waals surface area contributed by atoms with Crippen molar-refractivity contribution < 1.29 is 18.0 Å². The number of rotatable bonds is 6. The van der Waals surface area contributed by atoms with E-state index in [0.717, 1.165) is 5.56 Å². The van der Waals surface area contributed by atoms with E-state index in [0.29, 0.717) is 11.4 Å². The number of hydrogen-bond donors (Lipinski definition) is 2. The molecule has 0 atom stereocenters. The standard InChI is InChI=1S/C23H21N3O4S/c1-16-8-10-20(11-9-16)25-26-23(22(28)18-6-4-3-5-7-18)31(29,30)21-14-12-19(13-15-21)24-17(2)27/h3-15,25H,1-2H3,(H,24,27). The molecule has 3 aromatic rings. The number of benzene rings is 3. The van der Waals surface area contributed by atoms with E-state index in [4.69, 9.17) is 0 Å². The van der Waals surface area contributed by atoms with Gasteiger partial charge in [0.1, 0.15) is 0 Å². The Bertz CT molecular complexity index is 1220. The van der Waals surface area contributed by atoms with E-state index in [1.807, 2.05) is 19.1 Å². The van der Waals surface area contributed by atoms with Gasteiger partial charge in [-0.3, -0.25) is 15.0 Å². The van der Waals surface area contributed by atoms with E-state index in [1.54, 1.807) is 30.3 Å². The van der Waals surface area contributed by atoms with Gasteiger partial charge in [-0.05, 0) is 43.3 Å². The number of Topliss-reactive ketones (excluding diaryl/α,β-unsaturated/α-hetero) is 1. The fraction of sp³-hybridized carbons (Fsp3) is 0.0870. The summed E-state index contributed by atoms with van der Waals surface area (Å²) in [6.07, 6.45) is 0. The molecule has 0 aliphatic carbocycles. The lowest BCUT2D eigenvalue weighted by Gasteiger charge is -2.10. The summed E-state index contributed by atoms with van der Waals surface area (Å²) in [5.41, 5.74) is 4.88. The van der Waals surface area contributed by atoms with Gasteiger partial charge in [0, 0.05) is 18.2 Å². The molecule has 1 amide bonds. The van der Waals surface area contributed by atoms with Crippen LogP contribution in [0.5, 0.6) is 0 Å². The monoisotopic (exact) mass is 435 g/mol. The summed E-state index contributed by atoms with van der Waals surface area (Å²) >= 11 is 0. The first-order valence-electron chi connectivity index (χ1n) is 9.40. The second kappa shape index (κ2) is 9.36. The van der Waals surface area contributed by atoms with Crippen molar-refractivity contribution in [2.75, 3.05) is 10.7 Å². The van der Waals surface area contributed by atoms with Gasteiger partial charge < -0.3 is 5.32 Å². The van der Waals surface area contributed by atoms with Gasteiger partial charge in [0.25, 0.3) is 0 Å².